The van der Waals surface area contributed by atoms with E-state index < -0.39 is 32.1 Å². The molecule has 1 amide bonds. The van der Waals surface area contributed by atoms with Crippen LogP contribution in [0.1, 0.15) is 66.7 Å². The van der Waals surface area contributed by atoms with E-state index in [2.05, 4.69) is 4.99 Å². The second-order valence-electron chi connectivity index (χ2n) is 10.6. The van der Waals surface area contributed by atoms with Crippen LogP contribution in [0.2, 0.25) is 5.02 Å². The predicted octanol–water partition coefficient (Wildman–Crippen LogP) is 5.45. The van der Waals surface area contributed by atoms with Gasteiger partial charge in [0.2, 0.25) is 9.84 Å². The van der Waals surface area contributed by atoms with Gasteiger partial charge < -0.3 is 9.84 Å². The second kappa shape index (κ2) is 10.6. The Morgan fingerprint density at radius 1 is 1.28 bits per heavy atom. The lowest BCUT2D eigenvalue weighted by Crippen LogP contribution is -2.61. The Balaban J connectivity index is 2.12. The normalized spacial score (nSPS) is 27.0. The Morgan fingerprint density at radius 3 is 2.53 bits per heavy atom. The summed E-state index contributed by atoms with van der Waals surface area (Å²) in [6, 6.07) is 6.03. The maximum absolute atomic E-state index is 14.2. The van der Waals surface area contributed by atoms with Crippen molar-refractivity contribution in [2.45, 2.75) is 87.8 Å². The van der Waals surface area contributed by atoms with Gasteiger partial charge in [0.1, 0.15) is 21.4 Å². The van der Waals surface area contributed by atoms with E-state index in [4.69, 9.17) is 32.9 Å². The number of aliphatic hydroxyl groups is 1. The van der Waals surface area contributed by atoms with E-state index in [0.29, 0.717) is 18.6 Å². The summed E-state index contributed by atoms with van der Waals surface area (Å²) >= 11 is 12.5. The van der Waals surface area contributed by atoms with E-state index in [-0.39, 0.29) is 40.6 Å². The highest BCUT2D eigenvalue weighted by Gasteiger charge is 2.57. The van der Waals surface area contributed by atoms with Crippen LogP contribution < -0.4 is 0 Å². The molecule has 0 radical (unpaired) electrons. The first kappa shape index (κ1) is 28.9. The molecule has 0 bridgehead atoms. The van der Waals surface area contributed by atoms with Crippen LogP contribution in [0.25, 0.3) is 0 Å². The minimum atomic E-state index is -4.11. The maximum Gasteiger partial charge on any atom is 0.411 e. The Labute approximate surface area is 223 Å². The lowest BCUT2D eigenvalue weighted by atomic mass is 9.79. The van der Waals surface area contributed by atoms with Crippen LogP contribution >= 0.6 is 23.2 Å². The molecule has 200 valence electrons. The molecule has 1 fully saturated rings. The average molecular weight is 561 g/mol. The SMILES string of the molecule is CCCCC1(C2CCN(C(=O)OC(C)(C)C)C(C)(S(=O)(=O)c3cccc(Cl)c3)C2)N=C(Cl)C(CO)=N1. The molecule has 1 aromatic rings. The molecule has 2 heterocycles. The summed E-state index contributed by atoms with van der Waals surface area (Å²) in [4.78, 5) is 22.3. The van der Waals surface area contributed by atoms with Crippen LogP contribution in [0.5, 0.6) is 0 Å². The fourth-order valence-electron chi connectivity index (χ4n) is 4.91. The third kappa shape index (κ3) is 5.59. The predicted molar refractivity (Wildman–Crippen MR) is 143 cm³/mol. The van der Waals surface area contributed by atoms with E-state index in [9.17, 15) is 18.3 Å². The molecule has 8 nitrogen and oxygen atoms in total. The number of sulfone groups is 1. The van der Waals surface area contributed by atoms with Gasteiger partial charge in [-0.15, -0.1) is 0 Å². The molecule has 1 aromatic carbocycles. The van der Waals surface area contributed by atoms with Crippen molar-refractivity contribution in [3.05, 3.63) is 29.3 Å². The molecule has 3 atom stereocenters. The first-order valence-corrected chi connectivity index (χ1v) is 14.4. The van der Waals surface area contributed by atoms with Gasteiger partial charge in [0, 0.05) is 17.5 Å². The van der Waals surface area contributed by atoms with E-state index in [0.717, 1.165) is 12.8 Å². The minimum absolute atomic E-state index is 0.0156. The Kier molecular flexibility index (Phi) is 8.50. The topological polar surface area (TPSA) is 109 Å². The number of aliphatic imine (C=N–C) groups is 2. The van der Waals surface area contributed by atoms with Crippen LogP contribution in [-0.4, -0.2) is 64.7 Å². The van der Waals surface area contributed by atoms with Crippen molar-refractivity contribution in [2.24, 2.45) is 15.9 Å². The van der Waals surface area contributed by atoms with Gasteiger partial charge in [-0.3, -0.25) is 9.89 Å². The number of benzene rings is 1. The van der Waals surface area contributed by atoms with Gasteiger partial charge in [-0.05, 0) is 71.6 Å². The van der Waals surface area contributed by atoms with Gasteiger partial charge in [-0.2, -0.15) is 0 Å². The van der Waals surface area contributed by atoms with Gasteiger partial charge in [-0.1, -0.05) is 42.6 Å². The van der Waals surface area contributed by atoms with E-state index >= 15 is 0 Å². The molecular formula is C25H35Cl2N3O5S. The zero-order chi connectivity index (χ0) is 26.9. The van der Waals surface area contributed by atoms with Gasteiger partial charge in [-0.25, -0.2) is 18.2 Å². The summed E-state index contributed by atoms with van der Waals surface area (Å²) in [7, 11) is -4.11. The quantitative estimate of drug-likeness (QED) is 0.477. The molecule has 2 aliphatic heterocycles. The summed E-state index contributed by atoms with van der Waals surface area (Å²) in [6.07, 6.45) is 2.02. The van der Waals surface area contributed by atoms with Crippen molar-refractivity contribution in [1.29, 1.82) is 0 Å². The van der Waals surface area contributed by atoms with Gasteiger partial charge in [0.15, 0.2) is 5.66 Å². The monoisotopic (exact) mass is 559 g/mol. The number of aliphatic hydroxyl groups excluding tert-OH is 1. The fraction of sp³-hybridized carbons (Fsp3) is 0.640. The summed E-state index contributed by atoms with van der Waals surface area (Å²) in [5.41, 5.74) is -1.52. The third-order valence-electron chi connectivity index (χ3n) is 6.76. The minimum Gasteiger partial charge on any atom is -0.444 e. The largest absolute Gasteiger partial charge is 0.444 e. The summed E-state index contributed by atoms with van der Waals surface area (Å²) < 4.78 is 33.9. The lowest BCUT2D eigenvalue weighted by Gasteiger charge is -2.49. The molecule has 2 aliphatic rings. The van der Waals surface area contributed by atoms with Crippen molar-refractivity contribution in [1.82, 2.24) is 4.90 Å². The number of hydrogen-bond acceptors (Lipinski definition) is 7. The molecular weight excluding hydrogens is 525 g/mol. The van der Waals surface area contributed by atoms with Gasteiger partial charge >= 0.3 is 6.09 Å². The molecule has 3 rings (SSSR count). The van der Waals surface area contributed by atoms with Gasteiger partial charge in [0.05, 0.1) is 11.5 Å². The molecule has 0 saturated carbocycles. The Hall–Kier alpha value is -1.68. The maximum atomic E-state index is 14.2. The van der Waals surface area contributed by atoms with E-state index in [1.54, 1.807) is 39.8 Å². The Morgan fingerprint density at radius 2 is 1.97 bits per heavy atom. The van der Waals surface area contributed by atoms with Crippen LogP contribution in [0, 0.1) is 5.92 Å². The second-order valence-corrected chi connectivity index (χ2v) is 13.7. The lowest BCUT2D eigenvalue weighted by molar-refractivity contribution is -0.00713. The highest BCUT2D eigenvalue weighted by atomic mass is 35.5. The number of carbonyl (C=O) groups is 1. The van der Waals surface area contributed by atoms with Crippen molar-refractivity contribution in [2.75, 3.05) is 13.2 Å². The van der Waals surface area contributed by atoms with Crippen LogP contribution in [-0.2, 0) is 14.6 Å². The number of unbranched alkanes of at least 4 members (excludes halogenated alkanes) is 1. The third-order valence-corrected chi connectivity index (χ3v) is 9.71. The zero-order valence-electron chi connectivity index (χ0n) is 21.4. The van der Waals surface area contributed by atoms with E-state index in [1.165, 1.54) is 17.0 Å². The number of amides is 1. The Bertz CT molecular complexity index is 1160. The molecule has 36 heavy (non-hydrogen) atoms. The van der Waals surface area contributed by atoms with E-state index in [1.807, 2.05) is 6.92 Å². The number of nitrogens with zero attached hydrogens (tertiary/aromatic N) is 3. The number of ether oxygens (including phenoxy) is 1. The zero-order valence-corrected chi connectivity index (χ0v) is 23.8. The number of halogens is 2. The number of hydrogen-bond donors (Lipinski definition) is 1. The number of piperidine rings is 1. The smallest absolute Gasteiger partial charge is 0.411 e. The van der Waals surface area contributed by atoms with Crippen LogP contribution in [0.4, 0.5) is 4.79 Å². The molecule has 0 aromatic heterocycles. The first-order chi connectivity index (χ1) is 16.7. The molecule has 1 saturated heterocycles. The van der Waals surface area contributed by atoms with Crippen molar-refractivity contribution in [3.63, 3.8) is 0 Å². The summed E-state index contributed by atoms with van der Waals surface area (Å²) in [6.45, 7) is 8.57. The number of carbonyl (C=O) groups excluding carboxylic acids is 1. The number of rotatable bonds is 7. The average Bonchev–Trinajstić information content (AvgIpc) is 3.12. The van der Waals surface area contributed by atoms with Crippen LogP contribution in [0.3, 0.4) is 0 Å². The van der Waals surface area contributed by atoms with Crippen molar-refractivity contribution in [3.8, 4) is 0 Å². The molecule has 11 heteroatoms. The highest BCUT2D eigenvalue weighted by Crippen LogP contribution is 2.48. The molecule has 1 N–H and O–H groups in total. The van der Waals surface area contributed by atoms with Gasteiger partial charge in [0.25, 0.3) is 0 Å². The van der Waals surface area contributed by atoms with Crippen molar-refractivity contribution < 1.29 is 23.1 Å². The standard InChI is InChI=1S/C25H35Cl2N3O5S/c1-6-7-12-25(28-20(16-31)21(27)29-25)17-11-13-30(22(32)35-23(2,3)4)24(5,15-17)36(33,34)19-10-8-9-18(26)14-19/h8-10,14,17,31H,6-7,11-13,15-16H2,1-5H3. The van der Waals surface area contributed by atoms with Crippen molar-refractivity contribution >= 4 is 50.0 Å². The molecule has 0 spiro atoms. The summed E-state index contributed by atoms with van der Waals surface area (Å²) in [5, 5.41) is 10.2. The molecule has 0 aliphatic carbocycles. The van der Waals surface area contributed by atoms with Crippen LogP contribution in [0.15, 0.2) is 39.1 Å². The summed E-state index contributed by atoms with van der Waals surface area (Å²) in [5.74, 6) is -0.348. The highest BCUT2D eigenvalue weighted by molar-refractivity contribution is 7.92. The number of likely N-dealkylation sites (tertiary alicyclic amines) is 1. The first-order valence-electron chi connectivity index (χ1n) is 12.2. The fourth-order valence-corrected chi connectivity index (χ4v) is 7.33. The molecule has 3 unspecified atom stereocenters.